The highest BCUT2D eigenvalue weighted by Gasteiger charge is 2.24. The van der Waals surface area contributed by atoms with E-state index in [1.54, 1.807) is 0 Å². The van der Waals surface area contributed by atoms with Gasteiger partial charge >= 0.3 is 0 Å². The summed E-state index contributed by atoms with van der Waals surface area (Å²) < 4.78 is 0. The van der Waals surface area contributed by atoms with Gasteiger partial charge in [-0.1, -0.05) is 6.92 Å². The van der Waals surface area contributed by atoms with E-state index < -0.39 is 0 Å². The molecule has 1 rings (SSSR count). The van der Waals surface area contributed by atoms with Gasteiger partial charge in [0.25, 0.3) is 0 Å². The molecule has 0 aromatic carbocycles. The topological polar surface area (TPSA) is 32.3 Å². The number of nitrogens with zero attached hydrogens (tertiary/aromatic N) is 1. The third kappa shape index (κ3) is 3.82. The van der Waals surface area contributed by atoms with Gasteiger partial charge in [-0.05, 0) is 38.6 Å². The molecule has 0 bridgehead atoms. The first-order valence-corrected chi connectivity index (χ1v) is 6.05. The zero-order valence-corrected chi connectivity index (χ0v) is 10.3. The van der Waals surface area contributed by atoms with Crippen LogP contribution in [0.25, 0.3) is 0 Å². The number of carbonyl (C=O) groups is 1. The first-order valence-electron chi connectivity index (χ1n) is 6.05. The summed E-state index contributed by atoms with van der Waals surface area (Å²) in [5.41, 5.74) is 0. The molecule has 1 aliphatic rings. The van der Waals surface area contributed by atoms with E-state index in [1.807, 2.05) is 19.0 Å². The molecule has 1 N–H and O–H groups in total. The third-order valence-electron chi connectivity index (χ3n) is 3.52. The molecule has 0 spiro atoms. The van der Waals surface area contributed by atoms with Crippen molar-refractivity contribution in [3.05, 3.63) is 0 Å². The first-order chi connectivity index (χ1) is 7.15. The average molecular weight is 212 g/mol. The Morgan fingerprint density at radius 2 is 1.93 bits per heavy atom. The van der Waals surface area contributed by atoms with Crippen molar-refractivity contribution < 1.29 is 4.79 Å². The van der Waals surface area contributed by atoms with Crippen LogP contribution in [0.15, 0.2) is 0 Å². The summed E-state index contributed by atoms with van der Waals surface area (Å²) in [6, 6.07) is 0.491. The fourth-order valence-electron chi connectivity index (χ4n) is 2.24. The number of hydrogen-bond donors (Lipinski definition) is 1. The van der Waals surface area contributed by atoms with E-state index in [2.05, 4.69) is 12.2 Å². The van der Waals surface area contributed by atoms with Gasteiger partial charge in [-0.25, -0.2) is 0 Å². The normalized spacial score (nSPS) is 26.3. The molecule has 0 atom stereocenters. The minimum Gasteiger partial charge on any atom is -0.343 e. The van der Waals surface area contributed by atoms with Crippen LogP contribution < -0.4 is 5.32 Å². The third-order valence-corrected chi connectivity index (χ3v) is 3.52. The second kappa shape index (κ2) is 6.11. The van der Waals surface area contributed by atoms with Crippen molar-refractivity contribution in [2.24, 2.45) is 5.92 Å². The molecule has 1 fully saturated rings. The lowest BCUT2D eigenvalue weighted by molar-refractivity contribution is -0.132. The van der Waals surface area contributed by atoms with Gasteiger partial charge in [0.1, 0.15) is 0 Å². The summed E-state index contributed by atoms with van der Waals surface area (Å²) in [6.45, 7) is 3.09. The van der Waals surface area contributed by atoms with Gasteiger partial charge in [0.2, 0.25) is 5.91 Å². The van der Waals surface area contributed by atoms with Crippen molar-refractivity contribution in [2.45, 2.75) is 45.1 Å². The Morgan fingerprint density at radius 1 is 1.33 bits per heavy atom. The van der Waals surface area contributed by atoms with Crippen LogP contribution in [0.3, 0.4) is 0 Å². The summed E-state index contributed by atoms with van der Waals surface area (Å²) in [5.74, 6) is 1.13. The van der Waals surface area contributed by atoms with Crippen LogP contribution in [0.5, 0.6) is 0 Å². The Labute approximate surface area is 93.2 Å². The molecule has 0 saturated heterocycles. The Morgan fingerprint density at radius 3 is 2.47 bits per heavy atom. The quantitative estimate of drug-likeness (QED) is 0.768. The number of carbonyl (C=O) groups excluding carboxylic acids is 1. The molecule has 15 heavy (non-hydrogen) atoms. The lowest BCUT2D eigenvalue weighted by Gasteiger charge is -2.33. The average Bonchev–Trinajstić information content (AvgIpc) is 2.26. The maximum absolute atomic E-state index is 11.8. The standard InChI is InChI=1S/C12H24N2O/c1-10-4-6-11(7-5-10)14(3)12(15)8-9-13-2/h10-11,13H,4-9H2,1-3H3. The van der Waals surface area contributed by atoms with E-state index in [-0.39, 0.29) is 5.91 Å². The highest BCUT2D eigenvalue weighted by molar-refractivity contribution is 5.76. The molecule has 0 unspecified atom stereocenters. The first kappa shape index (κ1) is 12.5. The summed E-state index contributed by atoms with van der Waals surface area (Å²) in [4.78, 5) is 13.7. The second-order valence-corrected chi connectivity index (χ2v) is 4.77. The van der Waals surface area contributed by atoms with Crippen LogP contribution in [-0.2, 0) is 4.79 Å². The van der Waals surface area contributed by atoms with Crippen molar-refractivity contribution >= 4 is 5.91 Å². The molecule has 0 aliphatic heterocycles. The maximum Gasteiger partial charge on any atom is 0.223 e. The second-order valence-electron chi connectivity index (χ2n) is 4.77. The summed E-state index contributed by atoms with van der Waals surface area (Å²) >= 11 is 0. The van der Waals surface area contributed by atoms with Crippen molar-refractivity contribution in [2.75, 3.05) is 20.6 Å². The van der Waals surface area contributed by atoms with Crippen LogP contribution in [0, 0.1) is 5.92 Å². The van der Waals surface area contributed by atoms with Gasteiger partial charge in [0.15, 0.2) is 0 Å². The Balaban J connectivity index is 2.32. The molecule has 88 valence electrons. The van der Waals surface area contributed by atoms with Gasteiger partial charge < -0.3 is 10.2 Å². The maximum atomic E-state index is 11.8. The van der Waals surface area contributed by atoms with E-state index in [0.717, 1.165) is 12.5 Å². The molecule has 0 aromatic rings. The molecule has 0 heterocycles. The lowest BCUT2D eigenvalue weighted by Crippen LogP contribution is -2.40. The largest absolute Gasteiger partial charge is 0.343 e. The monoisotopic (exact) mass is 212 g/mol. The predicted molar refractivity (Wildman–Crippen MR) is 62.7 cm³/mol. The van der Waals surface area contributed by atoms with Crippen molar-refractivity contribution in [1.82, 2.24) is 10.2 Å². The molecule has 3 nitrogen and oxygen atoms in total. The Hall–Kier alpha value is -0.570. The van der Waals surface area contributed by atoms with Crippen molar-refractivity contribution in [1.29, 1.82) is 0 Å². The number of rotatable bonds is 4. The van der Waals surface area contributed by atoms with Crippen LogP contribution in [0.2, 0.25) is 0 Å². The molecule has 1 saturated carbocycles. The van der Waals surface area contributed by atoms with Crippen LogP contribution in [0.1, 0.15) is 39.0 Å². The van der Waals surface area contributed by atoms with Gasteiger partial charge in [-0.2, -0.15) is 0 Å². The van der Waals surface area contributed by atoms with E-state index in [4.69, 9.17) is 0 Å². The van der Waals surface area contributed by atoms with Crippen molar-refractivity contribution in [3.8, 4) is 0 Å². The Kier molecular flexibility index (Phi) is 5.09. The summed E-state index contributed by atoms with van der Waals surface area (Å²) in [5, 5.41) is 3.02. The minimum absolute atomic E-state index is 0.281. The molecule has 1 aliphatic carbocycles. The van der Waals surface area contributed by atoms with Gasteiger partial charge in [0, 0.05) is 26.1 Å². The van der Waals surface area contributed by atoms with Gasteiger partial charge in [0.05, 0.1) is 0 Å². The summed E-state index contributed by atoms with van der Waals surface area (Å²) in [7, 11) is 3.84. The minimum atomic E-state index is 0.281. The number of nitrogens with one attached hydrogen (secondary N) is 1. The SMILES string of the molecule is CNCCC(=O)N(C)C1CCC(C)CC1. The van der Waals surface area contributed by atoms with E-state index in [0.29, 0.717) is 12.5 Å². The molecule has 0 radical (unpaired) electrons. The zero-order valence-electron chi connectivity index (χ0n) is 10.3. The van der Waals surface area contributed by atoms with Crippen LogP contribution in [0.4, 0.5) is 0 Å². The fraction of sp³-hybridized carbons (Fsp3) is 0.917. The zero-order chi connectivity index (χ0) is 11.3. The predicted octanol–water partition coefficient (Wildman–Crippen LogP) is 1.63. The fourth-order valence-corrected chi connectivity index (χ4v) is 2.24. The smallest absolute Gasteiger partial charge is 0.223 e. The highest BCUT2D eigenvalue weighted by Crippen LogP contribution is 2.26. The molecule has 3 heteroatoms. The highest BCUT2D eigenvalue weighted by atomic mass is 16.2. The van der Waals surface area contributed by atoms with E-state index in [1.165, 1.54) is 25.7 Å². The molecular weight excluding hydrogens is 188 g/mol. The van der Waals surface area contributed by atoms with E-state index in [9.17, 15) is 4.79 Å². The van der Waals surface area contributed by atoms with Crippen molar-refractivity contribution in [3.63, 3.8) is 0 Å². The van der Waals surface area contributed by atoms with Gasteiger partial charge in [-0.15, -0.1) is 0 Å². The van der Waals surface area contributed by atoms with E-state index >= 15 is 0 Å². The van der Waals surface area contributed by atoms with Gasteiger partial charge in [-0.3, -0.25) is 4.79 Å². The molecule has 0 aromatic heterocycles. The number of amides is 1. The summed E-state index contributed by atoms with van der Waals surface area (Å²) in [6.07, 6.45) is 5.54. The molecular formula is C12H24N2O. The lowest BCUT2D eigenvalue weighted by atomic mass is 9.86. The van der Waals surface area contributed by atoms with Crippen LogP contribution in [-0.4, -0.2) is 37.5 Å². The number of hydrogen-bond acceptors (Lipinski definition) is 2. The Bertz CT molecular complexity index is 198. The van der Waals surface area contributed by atoms with Crippen LogP contribution >= 0.6 is 0 Å². The molecule has 1 amide bonds.